The number of benzene rings is 3. The Morgan fingerprint density at radius 2 is 1.79 bits per heavy atom. The highest BCUT2D eigenvalue weighted by Crippen LogP contribution is 2.32. The topological polar surface area (TPSA) is 82.8 Å². The summed E-state index contributed by atoms with van der Waals surface area (Å²) in [6.45, 7) is 5.34. The van der Waals surface area contributed by atoms with Crippen LogP contribution in [0, 0.1) is 6.92 Å². The van der Waals surface area contributed by atoms with Crippen molar-refractivity contribution in [3.05, 3.63) is 105 Å². The van der Waals surface area contributed by atoms with Crippen LogP contribution in [0.1, 0.15) is 45.6 Å². The summed E-state index contributed by atoms with van der Waals surface area (Å²) in [5, 5.41) is 13.4. The number of fused-ring (bicyclic) bond motifs is 2. The van der Waals surface area contributed by atoms with E-state index < -0.39 is 5.97 Å². The van der Waals surface area contributed by atoms with Crippen molar-refractivity contribution in [1.29, 1.82) is 0 Å². The van der Waals surface area contributed by atoms with Gasteiger partial charge < -0.3 is 19.7 Å². The van der Waals surface area contributed by atoms with Crippen LogP contribution >= 0.6 is 0 Å². The normalized spacial score (nSPS) is 14.0. The molecular weight excluding hydrogens is 428 g/mol. The van der Waals surface area contributed by atoms with Crippen molar-refractivity contribution in [2.75, 3.05) is 16.8 Å². The molecule has 0 fully saturated rings. The van der Waals surface area contributed by atoms with Crippen LogP contribution in [0.15, 0.2) is 75.9 Å². The average Bonchev–Trinajstić information content (AvgIpc) is 2.83. The summed E-state index contributed by atoms with van der Waals surface area (Å²) in [5.74, 6) is -0.446. The largest absolute Gasteiger partial charge is 0.478 e. The number of rotatable bonds is 5. The van der Waals surface area contributed by atoms with E-state index in [1.807, 2.05) is 32.0 Å². The van der Waals surface area contributed by atoms with Gasteiger partial charge >= 0.3 is 5.97 Å². The highest BCUT2D eigenvalue weighted by Gasteiger charge is 2.22. The van der Waals surface area contributed by atoms with E-state index in [4.69, 9.17) is 4.42 Å². The number of carbonyl (C=O) groups is 1. The van der Waals surface area contributed by atoms with Gasteiger partial charge in [-0.05, 0) is 55.2 Å². The third-order valence-corrected chi connectivity index (χ3v) is 6.43. The Labute approximate surface area is 197 Å². The van der Waals surface area contributed by atoms with Crippen LogP contribution in [0.2, 0.25) is 0 Å². The number of hydrogen-bond acceptors (Lipinski definition) is 5. The smallest absolute Gasteiger partial charge is 0.337 e. The molecule has 1 aromatic heterocycles. The Kier molecular flexibility index (Phi) is 5.57. The molecular formula is C28H26N2O4. The third-order valence-electron chi connectivity index (χ3n) is 6.43. The lowest BCUT2D eigenvalue weighted by Crippen LogP contribution is -2.31. The van der Waals surface area contributed by atoms with Crippen LogP contribution in [0.4, 0.5) is 11.6 Å². The van der Waals surface area contributed by atoms with Crippen LogP contribution in [0.5, 0.6) is 0 Å². The lowest BCUT2D eigenvalue weighted by atomic mass is 9.99. The van der Waals surface area contributed by atoms with Gasteiger partial charge in [0, 0.05) is 30.4 Å². The van der Waals surface area contributed by atoms with Crippen LogP contribution in [-0.4, -0.2) is 17.6 Å². The molecule has 1 aliphatic rings. The SMILES string of the molecule is Cc1cc(C(C)Nc2ccccc2C(=O)O)c2oc(N3CCc4ccccc4C3)cc(=O)c2c1. The third kappa shape index (κ3) is 4.03. The Bertz CT molecular complexity index is 1460. The Morgan fingerprint density at radius 3 is 2.59 bits per heavy atom. The van der Waals surface area contributed by atoms with Gasteiger partial charge in [0.1, 0.15) is 5.58 Å². The molecule has 0 aliphatic carbocycles. The molecule has 1 aliphatic heterocycles. The molecule has 2 N–H and O–H groups in total. The minimum Gasteiger partial charge on any atom is -0.478 e. The van der Waals surface area contributed by atoms with E-state index in [1.165, 1.54) is 11.1 Å². The minimum atomic E-state index is -0.997. The molecule has 6 nitrogen and oxygen atoms in total. The van der Waals surface area contributed by atoms with E-state index in [0.29, 0.717) is 29.1 Å². The molecule has 0 radical (unpaired) electrons. The fourth-order valence-electron chi connectivity index (χ4n) is 4.69. The monoisotopic (exact) mass is 454 g/mol. The summed E-state index contributed by atoms with van der Waals surface area (Å²) in [4.78, 5) is 26.9. The fraction of sp³-hybridized carbons (Fsp3) is 0.214. The maximum absolute atomic E-state index is 13.1. The maximum atomic E-state index is 13.1. The second-order valence-corrected chi connectivity index (χ2v) is 8.84. The Balaban J connectivity index is 1.56. The van der Waals surface area contributed by atoms with Crippen molar-refractivity contribution in [1.82, 2.24) is 0 Å². The second-order valence-electron chi connectivity index (χ2n) is 8.84. The minimum absolute atomic E-state index is 0.0850. The molecule has 1 unspecified atom stereocenters. The molecule has 2 heterocycles. The number of aromatic carboxylic acids is 1. The second kappa shape index (κ2) is 8.71. The van der Waals surface area contributed by atoms with E-state index in [2.05, 4.69) is 28.4 Å². The van der Waals surface area contributed by atoms with Gasteiger partial charge in [-0.15, -0.1) is 0 Å². The van der Waals surface area contributed by atoms with Crippen LogP contribution in [0.25, 0.3) is 11.0 Å². The number of anilines is 2. The number of carboxylic acid groups (broad SMARTS) is 1. The van der Waals surface area contributed by atoms with E-state index in [9.17, 15) is 14.7 Å². The summed E-state index contributed by atoms with van der Waals surface area (Å²) in [6, 6.07) is 20.3. The molecule has 0 amide bonds. The summed E-state index contributed by atoms with van der Waals surface area (Å²) in [5.41, 5.74) is 5.47. The van der Waals surface area contributed by atoms with Gasteiger partial charge in [0.2, 0.25) is 0 Å². The van der Waals surface area contributed by atoms with E-state index in [-0.39, 0.29) is 17.0 Å². The van der Waals surface area contributed by atoms with E-state index in [1.54, 1.807) is 30.3 Å². The molecule has 0 saturated carbocycles. The first-order valence-corrected chi connectivity index (χ1v) is 11.4. The molecule has 34 heavy (non-hydrogen) atoms. The molecule has 4 aromatic rings. The van der Waals surface area contributed by atoms with Crippen molar-refractivity contribution in [3.63, 3.8) is 0 Å². The van der Waals surface area contributed by atoms with Crippen molar-refractivity contribution in [2.45, 2.75) is 32.9 Å². The fourth-order valence-corrected chi connectivity index (χ4v) is 4.69. The molecule has 172 valence electrons. The first kappa shape index (κ1) is 21.8. The van der Waals surface area contributed by atoms with E-state index in [0.717, 1.165) is 24.1 Å². The highest BCUT2D eigenvalue weighted by molar-refractivity contribution is 5.94. The standard InChI is InChI=1S/C28H26N2O4/c1-17-13-22(18(2)29-24-10-6-5-9-21(24)28(32)33)27-23(14-17)25(31)15-26(34-27)30-12-11-19-7-3-4-8-20(19)16-30/h3-10,13-15,18,29H,11-12,16H2,1-2H3,(H,32,33). The number of para-hydroxylation sites is 1. The maximum Gasteiger partial charge on any atom is 0.337 e. The first-order chi connectivity index (χ1) is 16.4. The number of hydrogen-bond donors (Lipinski definition) is 2. The van der Waals surface area contributed by atoms with Gasteiger partial charge in [0.05, 0.1) is 17.0 Å². The average molecular weight is 455 g/mol. The number of nitrogens with zero attached hydrogens (tertiary/aromatic N) is 1. The van der Waals surface area contributed by atoms with Crippen LogP contribution < -0.4 is 15.6 Å². The molecule has 0 saturated heterocycles. The van der Waals surface area contributed by atoms with Gasteiger partial charge in [0.25, 0.3) is 0 Å². The number of carboxylic acids is 1. The lowest BCUT2D eigenvalue weighted by Gasteiger charge is -2.29. The number of nitrogens with one attached hydrogen (secondary N) is 1. The van der Waals surface area contributed by atoms with Crippen molar-refractivity contribution in [3.8, 4) is 0 Å². The zero-order valence-corrected chi connectivity index (χ0v) is 19.2. The predicted molar refractivity (Wildman–Crippen MR) is 134 cm³/mol. The van der Waals surface area contributed by atoms with Gasteiger partial charge in [0.15, 0.2) is 11.3 Å². The van der Waals surface area contributed by atoms with Crippen molar-refractivity contribution in [2.24, 2.45) is 0 Å². The molecule has 1 atom stereocenters. The molecule has 0 spiro atoms. The summed E-state index contributed by atoms with van der Waals surface area (Å²) >= 11 is 0. The summed E-state index contributed by atoms with van der Waals surface area (Å²) in [7, 11) is 0. The quantitative estimate of drug-likeness (QED) is 0.412. The highest BCUT2D eigenvalue weighted by atomic mass is 16.4. The molecule has 3 aromatic carbocycles. The summed E-state index contributed by atoms with van der Waals surface area (Å²) in [6.07, 6.45) is 0.891. The zero-order valence-electron chi connectivity index (χ0n) is 19.2. The van der Waals surface area contributed by atoms with Gasteiger partial charge in [-0.2, -0.15) is 0 Å². The Morgan fingerprint density at radius 1 is 1.06 bits per heavy atom. The Hall–Kier alpha value is -4.06. The number of aryl methyl sites for hydroxylation is 1. The molecule has 0 bridgehead atoms. The van der Waals surface area contributed by atoms with Gasteiger partial charge in [-0.25, -0.2) is 4.79 Å². The van der Waals surface area contributed by atoms with Crippen molar-refractivity contribution < 1.29 is 14.3 Å². The molecule has 6 heteroatoms. The van der Waals surface area contributed by atoms with Crippen LogP contribution in [0.3, 0.4) is 0 Å². The van der Waals surface area contributed by atoms with Gasteiger partial charge in [-0.1, -0.05) is 42.5 Å². The predicted octanol–water partition coefficient (Wildman–Crippen LogP) is 5.54. The van der Waals surface area contributed by atoms with Crippen molar-refractivity contribution >= 4 is 28.5 Å². The summed E-state index contributed by atoms with van der Waals surface area (Å²) < 4.78 is 6.39. The van der Waals surface area contributed by atoms with Crippen LogP contribution in [-0.2, 0) is 13.0 Å². The zero-order chi connectivity index (χ0) is 23.8. The van der Waals surface area contributed by atoms with E-state index >= 15 is 0 Å². The lowest BCUT2D eigenvalue weighted by molar-refractivity contribution is 0.0698. The van der Waals surface area contributed by atoms with Gasteiger partial charge in [-0.3, -0.25) is 4.79 Å². The molecule has 5 rings (SSSR count). The first-order valence-electron chi connectivity index (χ1n) is 11.4.